The molecule has 2 amide bonds. The van der Waals surface area contributed by atoms with Gasteiger partial charge >= 0.3 is 5.97 Å². The number of para-hydroxylation sites is 2. The van der Waals surface area contributed by atoms with Gasteiger partial charge in [0, 0.05) is 52.3 Å². The highest BCUT2D eigenvalue weighted by Crippen LogP contribution is 2.53. The van der Waals surface area contributed by atoms with Gasteiger partial charge in [-0.25, -0.2) is 0 Å². The number of amides is 2. The summed E-state index contributed by atoms with van der Waals surface area (Å²) >= 11 is 1.54. The van der Waals surface area contributed by atoms with Crippen molar-refractivity contribution in [3.8, 4) is 11.5 Å². The van der Waals surface area contributed by atoms with E-state index >= 15 is 0 Å². The number of hydrogen-bond acceptors (Lipinski definition) is 7. The summed E-state index contributed by atoms with van der Waals surface area (Å²) in [6.45, 7) is 0.388. The first-order valence-corrected chi connectivity index (χ1v) is 16.8. The van der Waals surface area contributed by atoms with E-state index in [9.17, 15) is 19.5 Å². The maximum atomic E-state index is 14.4. The summed E-state index contributed by atoms with van der Waals surface area (Å²) in [5.74, 6) is -2.89. The molecule has 48 heavy (non-hydrogen) atoms. The maximum Gasteiger partial charge on any atom is 0.325 e. The van der Waals surface area contributed by atoms with Crippen LogP contribution < -0.4 is 14.8 Å². The number of rotatable bonds is 12. The van der Waals surface area contributed by atoms with E-state index in [4.69, 9.17) is 9.47 Å². The predicted molar refractivity (Wildman–Crippen MR) is 183 cm³/mol. The monoisotopic (exact) mass is 661 g/mol. The van der Waals surface area contributed by atoms with Crippen LogP contribution in [0.4, 0.5) is 0 Å². The highest BCUT2D eigenvalue weighted by Gasteiger charge is 2.68. The molecule has 0 radical (unpaired) electrons. The summed E-state index contributed by atoms with van der Waals surface area (Å²) < 4.78 is 12.1. The molecule has 3 N–H and O–H groups in total. The van der Waals surface area contributed by atoms with Gasteiger partial charge < -0.3 is 19.6 Å². The van der Waals surface area contributed by atoms with Crippen LogP contribution in [0.3, 0.4) is 0 Å². The van der Waals surface area contributed by atoms with Crippen molar-refractivity contribution in [2.45, 2.75) is 29.5 Å². The van der Waals surface area contributed by atoms with E-state index in [-0.39, 0.29) is 19.6 Å². The number of methoxy groups -OCH3 is 1. The van der Waals surface area contributed by atoms with Crippen LogP contribution >= 0.6 is 11.8 Å². The highest BCUT2D eigenvalue weighted by molar-refractivity contribution is 7.99. The molecule has 7 rings (SSSR count). The molecule has 9 nitrogen and oxygen atoms in total. The standard InChI is InChI=1S/C38H35N3O6S/c1-46-30-18-10-16-28(34(30)47-23-24-11-4-2-5-12-24)33-31-32(36(43)41(35(31)42)19-20-48-26-13-6-3-7-14-26)38(40-33,37(44)45)21-25-22-39-29-17-9-8-15-27(25)29/h2-18,22,31-33,39-40H,19-21,23H2,1H3,(H,44,45). The third-order valence-corrected chi connectivity index (χ3v) is 10.4. The number of nitrogens with zero attached hydrogens (tertiary/aromatic N) is 1. The summed E-state index contributed by atoms with van der Waals surface area (Å²) in [6.07, 6.45) is 1.77. The van der Waals surface area contributed by atoms with Gasteiger partial charge in [0.15, 0.2) is 11.5 Å². The number of carbonyl (C=O) groups excluding carboxylic acids is 2. The summed E-state index contributed by atoms with van der Waals surface area (Å²) in [6, 6.07) is 31.6. The second-order valence-electron chi connectivity index (χ2n) is 12.1. The molecule has 4 aromatic carbocycles. The average molecular weight is 662 g/mol. The smallest absolute Gasteiger partial charge is 0.325 e. The molecule has 10 heteroatoms. The van der Waals surface area contributed by atoms with Gasteiger partial charge in [0.2, 0.25) is 11.8 Å². The Kier molecular flexibility index (Phi) is 8.68. The van der Waals surface area contributed by atoms with Gasteiger partial charge in [-0.2, -0.15) is 0 Å². The molecule has 244 valence electrons. The number of fused-ring (bicyclic) bond motifs is 2. The van der Waals surface area contributed by atoms with Crippen LogP contribution in [-0.2, 0) is 27.4 Å². The van der Waals surface area contributed by atoms with Crippen LogP contribution in [0, 0.1) is 11.8 Å². The van der Waals surface area contributed by atoms with Crippen molar-refractivity contribution in [2.24, 2.45) is 11.8 Å². The minimum absolute atomic E-state index is 0.0141. The predicted octanol–water partition coefficient (Wildman–Crippen LogP) is 5.86. The quantitative estimate of drug-likeness (QED) is 0.112. The minimum atomic E-state index is -1.78. The van der Waals surface area contributed by atoms with Crippen molar-refractivity contribution >= 4 is 40.4 Å². The van der Waals surface area contributed by atoms with Gasteiger partial charge in [0.05, 0.1) is 18.9 Å². The van der Waals surface area contributed by atoms with Gasteiger partial charge in [-0.05, 0) is 35.4 Å². The number of H-pyrrole nitrogens is 1. The fourth-order valence-electron chi connectivity index (χ4n) is 7.16. The van der Waals surface area contributed by atoms with Crippen LogP contribution in [0.15, 0.2) is 114 Å². The Morgan fingerprint density at radius 2 is 1.65 bits per heavy atom. The molecule has 4 unspecified atom stereocenters. The third-order valence-electron chi connectivity index (χ3n) is 9.39. The number of carboxylic acid groups (broad SMARTS) is 1. The molecule has 4 atom stereocenters. The summed E-state index contributed by atoms with van der Waals surface area (Å²) in [5.41, 5.74) is 1.30. The Morgan fingerprint density at radius 3 is 2.40 bits per heavy atom. The fourth-order valence-corrected chi connectivity index (χ4v) is 8.02. The molecule has 2 saturated heterocycles. The lowest BCUT2D eigenvalue weighted by Gasteiger charge is -2.31. The van der Waals surface area contributed by atoms with Gasteiger partial charge in [-0.1, -0.05) is 78.9 Å². The van der Waals surface area contributed by atoms with E-state index in [1.165, 1.54) is 12.0 Å². The second-order valence-corrected chi connectivity index (χ2v) is 13.2. The molecule has 2 fully saturated rings. The summed E-state index contributed by atoms with van der Waals surface area (Å²) in [5, 5.41) is 15.3. The molecular weight excluding hydrogens is 627 g/mol. The molecule has 0 saturated carbocycles. The molecule has 1 aromatic heterocycles. The Balaban J connectivity index is 1.29. The summed E-state index contributed by atoms with van der Waals surface area (Å²) in [4.78, 5) is 47.8. The average Bonchev–Trinajstić information content (AvgIpc) is 3.76. The second kappa shape index (κ2) is 13.2. The Morgan fingerprint density at radius 1 is 0.917 bits per heavy atom. The van der Waals surface area contributed by atoms with Crippen molar-refractivity contribution in [1.82, 2.24) is 15.2 Å². The van der Waals surface area contributed by atoms with Crippen LogP contribution in [0.25, 0.3) is 10.9 Å². The van der Waals surface area contributed by atoms with Gasteiger partial charge in [0.25, 0.3) is 0 Å². The lowest BCUT2D eigenvalue weighted by molar-refractivity contribution is -0.151. The number of imide groups is 1. The van der Waals surface area contributed by atoms with Crippen LogP contribution in [-0.4, -0.2) is 57.7 Å². The molecule has 2 aliphatic heterocycles. The fraction of sp³-hybridized carbons (Fsp3) is 0.237. The Labute approximate surface area is 282 Å². The van der Waals surface area contributed by atoms with E-state index in [2.05, 4.69) is 10.3 Å². The summed E-state index contributed by atoms with van der Waals surface area (Å²) in [7, 11) is 1.54. The SMILES string of the molecule is COc1cccc(C2NC(Cc3c[nH]c4ccccc34)(C(=O)O)C3C(=O)N(CCSc4ccccc4)C(=O)C23)c1OCc1ccccc1. The number of hydrogen-bond donors (Lipinski definition) is 3. The first kappa shape index (κ1) is 31.5. The van der Waals surface area contributed by atoms with Crippen molar-refractivity contribution < 1.29 is 29.0 Å². The lowest BCUT2D eigenvalue weighted by Crippen LogP contribution is -2.57. The highest BCUT2D eigenvalue weighted by atomic mass is 32.2. The lowest BCUT2D eigenvalue weighted by atomic mass is 9.76. The largest absolute Gasteiger partial charge is 0.493 e. The van der Waals surface area contributed by atoms with Gasteiger partial charge in [-0.15, -0.1) is 11.8 Å². The number of carbonyl (C=O) groups is 3. The molecule has 0 aliphatic carbocycles. The number of nitrogens with one attached hydrogen (secondary N) is 2. The van der Waals surface area contributed by atoms with Crippen molar-refractivity contribution in [1.29, 1.82) is 0 Å². The first-order chi connectivity index (χ1) is 23.4. The topological polar surface area (TPSA) is 121 Å². The van der Waals surface area contributed by atoms with E-state index in [1.54, 1.807) is 30.1 Å². The zero-order valence-electron chi connectivity index (χ0n) is 26.3. The molecule has 5 aromatic rings. The number of ether oxygens (including phenoxy) is 2. The van der Waals surface area contributed by atoms with Crippen LogP contribution in [0.2, 0.25) is 0 Å². The van der Waals surface area contributed by atoms with Crippen molar-refractivity contribution in [3.05, 3.63) is 126 Å². The van der Waals surface area contributed by atoms with Crippen LogP contribution in [0.5, 0.6) is 11.5 Å². The normalized spacial score (nSPS) is 21.9. The van der Waals surface area contributed by atoms with Crippen molar-refractivity contribution in [2.75, 3.05) is 19.4 Å². The zero-order chi connectivity index (χ0) is 33.3. The Bertz CT molecular complexity index is 1970. The number of likely N-dealkylation sites (tertiary alicyclic amines) is 1. The number of thioether (sulfide) groups is 1. The van der Waals surface area contributed by atoms with E-state index in [1.807, 2.05) is 91.0 Å². The van der Waals surface area contributed by atoms with E-state index < -0.39 is 41.2 Å². The van der Waals surface area contributed by atoms with E-state index in [0.717, 1.165) is 26.9 Å². The number of aliphatic carboxylic acids is 1. The number of aromatic amines is 1. The Hall–Kier alpha value is -5.06. The van der Waals surface area contributed by atoms with E-state index in [0.29, 0.717) is 22.8 Å². The number of benzene rings is 4. The van der Waals surface area contributed by atoms with Crippen LogP contribution in [0.1, 0.15) is 22.7 Å². The zero-order valence-corrected chi connectivity index (χ0v) is 27.1. The third kappa shape index (κ3) is 5.61. The first-order valence-electron chi connectivity index (χ1n) is 15.8. The maximum absolute atomic E-state index is 14.4. The molecule has 2 aliphatic rings. The minimum Gasteiger partial charge on any atom is -0.493 e. The van der Waals surface area contributed by atoms with Gasteiger partial charge in [-0.3, -0.25) is 24.6 Å². The molecule has 0 bridgehead atoms. The number of aromatic nitrogens is 1. The molecular formula is C38H35N3O6S. The number of carboxylic acids is 1. The van der Waals surface area contributed by atoms with Crippen molar-refractivity contribution in [3.63, 3.8) is 0 Å². The van der Waals surface area contributed by atoms with Gasteiger partial charge in [0.1, 0.15) is 12.1 Å². The molecule has 3 heterocycles. The molecule has 0 spiro atoms.